The van der Waals surface area contributed by atoms with E-state index in [1.807, 2.05) is 0 Å². The Labute approximate surface area is 116 Å². The molecule has 0 radical (unpaired) electrons. The molecule has 0 aromatic heterocycles. The summed E-state index contributed by atoms with van der Waals surface area (Å²) in [6, 6.07) is 4.66. The Bertz CT molecular complexity index is 659. The van der Waals surface area contributed by atoms with Crippen LogP contribution in [0.15, 0.2) is 17.0 Å². The minimum Gasteiger partial charge on any atom is -0.493 e. The van der Waals surface area contributed by atoms with Crippen LogP contribution in [0, 0.1) is 11.3 Å². The van der Waals surface area contributed by atoms with Gasteiger partial charge < -0.3 is 9.47 Å². The number of nitriles is 1. The van der Waals surface area contributed by atoms with Gasteiger partial charge in [0.25, 0.3) is 0 Å². The van der Waals surface area contributed by atoms with Gasteiger partial charge in [0.15, 0.2) is 21.3 Å². The first-order chi connectivity index (χ1) is 8.83. The summed E-state index contributed by atoms with van der Waals surface area (Å²) in [5, 5.41) is 9.10. The van der Waals surface area contributed by atoms with E-state index in [9.17, 15) is 8.42 Å². The molecule has 0 heterocycles. The smallest absolute Gasteiger partial charge is 0.185 e. The molecule has 0 atom stereocenters. The van der Waals surface area contributed by atoms with Crippen molar-refractivity contribution in [3.8, 4) is 17.6 Å². The standard InChI is InChI=1S/C12H12ClNO4S/c1-17-11-6-8(5-10(13)12(11)18-2)4-9(7-14)19(3,15)16/h4-6H,1-3H3/b9-4+. The van der Waals surface area contributed by atoms with E-state index in [0.717, 1.165) is 6.26 Å². The number of ether oxygens (including phenoxy) is 2. The topological polar surface area (TPSA) is 76.4 Å². The first kappa shape index (κ1) is 15.3. The lowest BCUT2D eigenvalue weighted by Gasteiger charge is -2.10. The molecule has 5 nitrogen and oxygen atoms in total. The van der Waals surface area contributed by atoms with Crippen molar-refractivity contribution >= 4 is 27.5 Å². The maximum Gasteiger partial charge on any atom is 0.185 e. The summed E-state index contributed by atoms with van der Waals surface area (Å²) in [5.41, 5.74) is 0.435. The van der Waals surface area contributed by atoms with Crippen LogP contribution >= 0.6 is 11.6 Å². The van der Waals surface area contributed by atoms with Crippen LogP contribution in [0.4, 0.5) is 0 Å². The van der Waals surface area contributed by atoms with Crippen molar-refractivity contribution in [1.29, 1.82) is 5.26 Å². The number of nitrogens with zero attached hydrogens (tertiary/aromatic N) is 1. The monoisotopic (exact) mass is 301 g/mol. The molecular formula is C12H12ClNO4S. The van der Waals surface area contributed by atoms with Crippen LogP contribution in [0.2, 0.25) is 5.02 Å². The summed E-state index contributed by atoms with van der Waals surface area (Å²) in [6.07, 6.45) is 2.19. The Kier molecular flexibility index (Phi) is 4.81. The normalized spacial score (nSPS) is 11.8. The lowest BCUT2D eigenvalue weighted by atomic mass is 10.2. The Morgan fingerprint density at radius 2 is 2.00 bits per heavy atom. The largest absolute Gasteiger partial charge is 0.493 e. The summed E-state index contributed by atoms with van der Waals surface area (Å²) < 4.78 is 32.8. The van der Waals surface area contributed by atoms with E-state index in [0.29, 0.717) is 17.1 Å². The molecule has 0 aliphatic rings. The SMILES string of the molecule is COc1cc(/C=C(\C#N)S(C)(=O)=O)cc(Cl)c1OC. The van der Waals surface area contributed by atoms with Gasteiger partial charge in [-0.1, -0.05) is 11.6 Å². The molecule has 0 unspecified atom stereocenters. The number of sulfone groups is 1. The fourth-order valence-electron chi connectivity index (χ4n) is 1.39. The molecule has 0 N–H and O–H groups in total. The molecule has 0 amide bonds. The van der Waals surface area contributed by atoms with Crippen LogP contribution in [-0.2, 0) is 9.84 Å². The molecule has 0 fully saturated rings. The third-order valence-electron chi connectivity index (χ3n) is 2.26. The van der Waals surface area contributed by atoms with Gasteiger partial charge >= 0.3 is 0 Å². The molecule has 1 rings (SSSR count). The van der Waals surface area contributed by atoms with Crippen molar-refractivity contribution in [3.05, 3.63) is 27.6 Å². The lowest BCUT2D eigenvalue weighted by molar-refractivity contribution is 0.355. The predicted octanol–water partition coefficient (Wildman–Crippen LogP) is 2.27. The van der Waals surface area contributed by atoms with Gasteiger partial charge in [0.2, 0.25) is 0 Å². The van der Waals surface area contributed by atoms with Crippen molar-refractivity contribution in [2.24, 2.45) is 0 Å². The van der Waals surface area contributed by atoms with E-state index in [2.05, 4.69) is 0 Å². The minimum atomic E-state index is -3.58. The number of benzene rings is 1. The number of allylic oxidation sites excluding steroid dienone is 1. The van der Waals surface area contributed by atoms with E-state index in [1.165, 1.54) is 32.4 Å². The molecule has 19 heavy (non-hydrogen) atoms. The maximum atomic E-state index is 11.3. The van der Waals surface area contributed by atoms with Crippen LogP contribution < -0.4 is 9.47 Å². The zero-order valence-electron chi connectivity index (χ0n) is 10.6. The van der Waals surface area contributed by atoms with Crippen LogP contribution in [0.5, 0.6) is 11.5 Å². The average molecular weight is 302 g/mol. The summed E-state index contributed by atoms with van der Waals surface area (Å²) in [7, 11) is -0.702. The van der Waals surface area contributed by atoms with Crippen LogP contribution in [-0.4, -0.2) is 28.9 Å². The first-order valence-electron chi connectivity index (χ1n) is 5.07. The fraction of sp³-hybridized carbons (Fsp3) is 0.250. The minimum absolute atomic E-state index is 0.263. The van der Waals surface area contributed by atoms with Crippen molar-refractivity contribution in [1.82, 2.24) is 0 Å². The second-order valence-corrected chi connectivity index (χ2v) is 6.02. The van der Waals surface area contributed by atoms with Crippen LogP contribution in [0.3, 0.4) is 0 Å². The van der Waals surface area contributed by atoms with E-state index in [1.54, 1.807) is 6.07 Å². The van der Waals surface area contributed by atoms with Crippen LogP contribution in [0.1, 0.15) is 5.56 Å². The summed E-state index contributed by atoms with van der Waals surface area (Å²) in [4.78, 5) is -0.351. The number of rotatable bonds is 4. The quantitative estimate of drug-likeness (QED) is 0.797. The molecule has 0 saturated carbocycles. The van der Waals surface area contributed by atoms with Crippen molar-refractivity contribution in [2.45, 2.75) is 0 Å². The molecule has 1 aromatic carbocycles. The highest BCUT2D eigenvalue weighted by atomic mass is 35.5. The second-order valence-electron chi connectivity index (χ2n) is 3.63. The number of methoxy groups -OCH3 is 2. The van der Waals surface area contributed by atoms with Gasteiger partial charge in [-0.05, 0) is 23.8 Å². The average Bonchev–Trinajstić information content (AvgIpc) is 2.33. The van der Waals surface area contributed by atoms with E-state index in [-0.39, 0.29) is 9.93 Å². The Balaban J connectivity index is 3.43. The second kappa shape index (κ2) is 5.95. The molecule has 0 spiro atoms. The van der Waals surface area contributed by atoms with Gasteiger partial charge in [0.1, 0.15) is 11.0 Å². The third-order valence-corrected chi connectivity index (χ3v) is 3.55. The first-order valence-corrected chi connectivity index (χ1v) is 7.33. The highest BCUT2D eigenvalue weighted by molar-refractivity contribution is 7.95. The molecule has 0 saturated heterocycles. The maximum absolute atomic E-state index is 11.3. The summed E-state index contributed by atoms with van der Waals surface area (Å²) in [5.74, 6) is 0.700. The van der Waals surface area contributed by atoms with Gasteiger partial charge in [0, 0.05) is 6.26 Å². The van der Waals surface area contributed by atoms with E-state index in [4.69, 9.17) is 26.3 Å². The lowest BCUT2D eigenvalue weighted by Crippen LogP contribution is -1.98. The fourth-order valence-corrected chi connectivity index (χ4v) is 2.21. The predicted molar refractivity (Wildman–Crippen MR) is 73.0 cm³/mol. The van der Waals surface area contributed by atoms with Gasteiger partial charge in [-0.15, -0.1) is 0 Å². The van der Waals surface area contributed by atoms with Crippen LogP contribution in [0.25, 0.3) is 6.08 Å². The van der Waals surface area contributed by atoms with E-state index < -0.39 is 9.84 Å². The van der Waals surface area contributed by atoms with Gasteiger partial charge in [-0.25, -0.2) is 8.42 Å². The zero-order valence-corrected chi connectivity index (χ0v) is 12.2. The Hall–Kier alpha value is -1.71. The molecule has 7 heteroatoms. The zero-order chi connectivity index (χ0) is 14.6. The highest BCUT2D eigenvalue weighted by Crippen LogP contribution is 2.36. The summed E-state index contributed by atoms with van der Waals surface area (Å²) in [6.45, 7) is 0. The van der Waals surface area contributed by atoms with Gasteiger partial charge in [0.05, 0.1) is 19.2 Å². The van der Waals surface area contributed by atoms with Crippen molar-refractivity contribution in [3.63, 3.8) is 0 Å². The third kappa shape index (κ3) is 3.63. The molecule has 0 aliphatic heterocycles. The molecule has 0 aliphatic carbocycles. The number of hydrogen-bond acceptors (Lipinski definition) is 5. The van der Waals surface area contributed by atoms with E-state index >= 15 is 0 Å². The molecule has 1 aromatic rings. The van der Waals surface area contributed by atoms with Crippen molar-refractivity contribution < 1.29 is 17.9 Å². The molecule has 0 bridgehead atoms. The molecule has 102 valence electrons. The summed E-state index contributed by atoms with van der Waals surface area (Å²) >= 11 is 5.99. The Morgan fingerprint density at radius 3 is 2.42 bits per heavy atom. The highest BCUT2D eigenvalue weighted by Gasteiger charge is 2.14. The number of hydrogen-bond donors (Lipinski definition) is 0. The van der Waals surface area contributed by atoms with Gasteiger partial charge in [-0.2, -0.15) is 5.26 Å². The molecular weight excluding hydrogens is 290 g/mol. The van der Waals surface area contributed by atoms with Gasteiger partial charge in [-0.3, -0.25) is 0 Å². The Morgan fingerprint density at radius 1 is 1.37 bits per heavy atom. The number of halogens is 1. The van der Waals surface area contributed by atoms with Crippen molar-refractivity contribution in [2.75, 3.05) is 20.5 Å².